The molecule has 2 aliphatic heterocycles. The van der Waals surface area contributed by atoms with E-state index in [0.717, 1.165) is 54.7 Å². The Kier molecular flexibility index (Phi) is 7.20. The maximum Gasteiger partial charge on any atom is 0.273 e. The molecule has 190 valence electrons. The van der Waals surface area contributed by atoms with E-state index in [0.29, 0.717) is 30.2 Å². The third-order valence-corrected chi connectivity index (χ3v) is 8.55. The highest BCUT2D eigenvalue weighted by Gasteiger charge is 2.30. The summed E-state index contributed by atoms with van der Waals surface area (Å²) in [7, 11) is 5.64. The van der Waals surface area contributed by atoms with Gasteiger partial charge >= 0.3 is 0 Å². The van der Waals surface area contributed by atoms with E-state index in [9.17, 15) is 9.59 Å². The lowest BCUT2D eigenvalue weighted by Gasteiger charge is -2.34. The van der Waals surface area contributed by atoms with Crippen molar-refractivity contribution in [2.45, 2.75) is 37.6 Å². The van der Waals surface area contributed by atoms with Crippen LogP contribution in [0.2, 0.25) is 0 Å². The summed E-state index contributed by atoms with van der Waals surface area (Å²) in [6.45, 7) is 3.31. The van der Waals surface area contributed by atoms with Crippen LogP contribution in [0.1, 0.15) is 57.6 Å². The number of benzene rings is 1. The number of nitrogens with zero attached hydrogens (tertiary/aromatic N) is 5. The Hall–Kier alpha value is -3.04. The Labute approximate surface area is 215 Å². The number of para-hydroxylation sites is 1. The molecule has 0 N–H and O–H groups in total. The van der Waals surface area contributed by atoms with Crippen LogP contribution in [0.3, 0.4) is 0 Å². The number of piperidine rings is 2. The summed E-state index contributed by atoms with van der Waals surface area (Å²) < 4.78 is 5.51. The van der Waals surface area contributed by atoms with Crippen LogP contribution in [0, 0.1) is 0 Å². The summed E-state index contributed by atoms with van der Waals surface area (Å²) in [5.74, 6) is 0.848. The molecule has 0 atom stereocenters. The van der Waals surface area contributed by atoms with Gasteiger partial charge in [0.25, 0.3) is 11.8 Å². The summed E-state index contributed by atoms with van der Waals surface area (Å²) in [6.07, 6.45) is 3.64. The van der Waals surface area contributed by atoms with Crippen molar-refractivity contribution in [3.8, 4) is 5.75 Å². The Morgan fingerprint density at radius 2 is 1.75 bits per heavy atom. The van der Waals surface area contributed by atoms with Crippen LogP contribution < -0.4 is 4.74 Å². The van der Waals surface area contributed by atoms with Crippen molar-refractivity contribution >= 4 is 34.1 Å². The first-order chi connectivity index (χ1) is 17.4. The molecule has 1 aromatic carbocycles. The van der Waals surface area contributed by atoms with Crippen molar-refractivity contribution in [3.05, 3.63) is 52.1 Å². The van der Waals surface area contributed by atoms with Gasteiger partial charge in [-0.2, -0.15) is 0 Å². The molecule has 2 saturated heterocycles. The van der Waals surface area contributed by atoms with Gasteiger partial charge in [-0.1, -0.05) is 12.1 Å². The van der Waals surface area contributed by atoms with Crippen molar-refractivity contribution in [3.63, 3.8) is 0 Å². The standard InChI is InChI=1S/C27H33N5O3S/c1-30-12-10-19(11-13-30)31(2)26(33)23-17-36-25(29-23)18-8-14-32(15-9-18)27(34)22-16-24(35-3)20-6-4-5-7-21(20)28-22/h4-7,16-19H,8-15H2,1-3H3. The second-order valence-corrected chi connectivity index (χ2v) is 10.7. The fraction of sp³-hybridized carbons (Fsp3) is 0.481. The number of carbonyl (C=O) groups excluding carboxylic acids is 2. The van der Waals surface area contributed by atoms with Crippen molar-refractivity contribution in [1.29, 1.82) is 0 Å². The van der Waals surface area contributed by atoms with Crippen LogP contribution in [-0.4, -0.2) is 89.9 Å². The van der Waals surface area contributed by atoms with Gasteiger partial charge in [-0.25, -0.2) is 9.97 Å². The zero-order valence-electron chi connectivity index (χ0n) is 21.1. The van der Waals surface area contributed by atoms with Gasteiger partial charge in [-0.3, -0.25) is 9.59 Å². The number of carbonyl (C=O) groups is 2. The maximum absolute atomic E-state index is 13.2. The Morgan fingerprint density at radius 1 is 1.03 bits per heavy atom. The molecule has 2 aromatic heterocycles. The lowest BCUT2D eigenvalue weighted by atomic mass is 9.97. The van der Waals surface area contributed by atoms with Gasteiger partial charge in [0.1, 0.15) is 17.1 Å². The Balaban J connectivity index is 1.21. The summed E-state index contributed by atoms with van der Waals surface area (Å²) in [4.78, 5) is 41.7. The molecule has 2 fully saturated rings. The SMILES string of the molecule is COc1cc(C(=O)N2CCC(c3nc(C(=O)N(C)C4CCN(C)CC4)cs3)CC2)nc2ccccc12. The summed E-state index contributed by atoms with van der Waals surface area (Å²) in [6, 6.07) is 9.69. The van der Waals surface area contributed by atoms with Gasteiger partial charge in [-0.15, -0.1) is 11.3 Å². The minimum atomic E-state index is -0.0766. The largest absolute Gasteiger partial charge is 0.496 e. The van der Waals surface area contributed by atoms with E-state index in [-0.39, 0.29) is 23.8 Å². The predicted octanol–water partition coefficient (Wildman–Crippen LogP) is 3.89. The normalized spacial score (nSPS) is 17.9. The highest BCUT2D eigenvalue weighted by Crippen LogP contribution is 2.32. The second kappa shape index (κ2) is 10.5. The summed E-state index contributed by atoms with van der Waals surface area (Å²) >= 11 is 1.56. The molecule has 8 nitrogen and oxygen atoms in total. The zero-order chi connectivity index (χ0) is 25.2. The van der Waals surface area contributed by atoms with Crippen LogP contribution in [0.5, 0.6) is 5.75 Å². The molecule has 0 unspecified atom stereocenters. The number of hydrogen-bond donors (Lipinski definition) is 0. The number of rotatable bonds is 5. The lowest BCUT2D eigenvalue weighted by molar-refractivity contribution is 0.0654. The van der Waals surface area contributed by atoms with Crippen molar-refractivity contribution in [2.75, 3.05) is 47.4 Å². The molecule has 3 aromatic rings. The van der Waals surface area contributed by atoms with E-state index in [1.807, 2.05) is 46.5 Å². The molecule has 5 rings (SSSR count). The molecule has 36 heavy (non-hydrogen) atoms. The summed E-state index contributed by atoms with van der Waals surface area (Å²) in [5, 5.41) is 3.78. The molecule has 2 amide bonds. The Bertz CT molecular complexity index is 1250. The van der Waals surface area contributed by atoms with Crippen LogP contribution in [0.25, 0.3) is 10.9 Å². The van der Waals surface area contributed by atoms with E-state index >= 15 is 0 Å². The first kappa shape index (κ1) is 24.6. The molecule has 0 bridgehead atoms. The fourth-order valence-corrected chi connectivity index (χ4v) is 6.18. The van der Waals surface area contributed by atoms with Crippen molar-refractivity contribution in [2.24, 2.45) is 0 Å². The number of pyridine rings is 1. The maximum atomic E-state index is 13.2. The molecule has 4 heterocycles. The van der Waals surface area contributed by atoms with Crippen LogP contribution in [0.4, 0.5) is 0 Å². The molecule has 0 spiro atoms. The predicted molar refractivity (Wildman–Crippen MR) is 141 cm³/mol. The minimum absolute atomic E-state index is 0.0102. The van der Waals surface area contributed by atoms with Crippen LogP contribution in [0.15, 0.2) is 35.7 Å². The number of thiazole rings is 1. The summed E-state index contributed by atoms with van der Waals surface area (Å²) in [5.41, 5.74) is 1.70. The molecular formula is C27H33N5O3S. The monoisotopic (exact) mass is 507 g/mol. The number of fused-ring (bicyclic) bond motifs is 1. The number of ether oxygens (including phenoxy) is 1. The second-order valence-electron chi connectivity index (χ2n) is 9.81. The highest BCUT2D eigenvalue weighted by molar-refractivity contribution is 7.09. The van der Waals surface area contributed by atoms with Crippen molar-refractivity contribution in [1.82, 2.24) is 24.7 Å². The van der Waals surface area contributed by atoms with Gasteiger partial charge < -0.3 is 19.4 Å². The van der Waals surface area contributed by atoms with Gasteiger partial charge in [0.2, 0.25) is 0 Å². The number of amides is 2. The number of methoxy groups -OCH3 is 1. The molecule has 0 aliphatic carbocycles. The number of aromatic nitrogens is 2. The van der Waals surface area contributed by atoms with E-state index < -0.39 is 0 Å². The number of likely N-dealkylation sites (tertiary alicyclic amines) is 2. The van der Waals surface area contributed by atoms with E-state index in [1.54, 1.807) is 24.5 Å². The first-order valence-corrected chi connectivity index (χ1v) is 13.5. The van der Waals surface area contributed by atoms with Crippen LogP contribution >= 0.6 is 11.3 Å². The quantitative estimate of drug-likeness (QED) is 0.522. The van der Waals surface area contributed by atoms with Gasteiger partial charge in [0.15, 0.2) is 0 Å². The fourth-order valence-electron chi connectivity index (χ4n) is 5.22. The van der Waals surface area contributed by atoms with Gasteiger partial charge in [-0.05, 0) is 58.0 Å². The third kappa shape index (κ3) is 4.95. The topological polar surface area (TPSA) is 78.9 Å². The van der Waals surface area contributed by atoms with Gasteiger partial charge in [0, 0.05) is 48.9 Å². The van der Waals surface area contributed by atoms with E-state index in [1.165, 1.54) is 0 Å². The zero-order valence-corrected chi connectivity index (χ0v) is 22.0. The third-order valence-electron chi connectivity index (χ3n) is 7.55. The lowest BCUT2D eigenvalue weighted by Crippen LogP contribution is -2.44. The first-order valence-electron chi connectivity index (χ1n) is 12.6. The van der Waals surface area contributed by atoms with Crippen molar-refractivity contribution < 1.29 is 14.3 Å². The van der Waals surface area contributed by atoms with Gasteiger partial charge in [0.05, 0.1) is 17.6 Å². The average molecular weight is 508 g/mol. The molecular weight excluding hydrogens is 474 g/mol. The average Bonchev–Trinajstić information content (AvgIpc) is 3.42. The molecule has 2 aliphatic rings. The smallest absolute Gasteiger partial charge is 0.273 e. The Morgan fingerprint density at radius 3 is 2.47 bits per heavy atom. The van der Waals surface area contributed by atoms with Crippen LogP contribution in [-0.2, 0) is 0 Å². The molecule has 0 radical (unpaired) electrons. The van der Waals surface area contributed by atoms with E-state index in [2.05, 4.69) is 16.9 Å². The molecule has 0 saturated carbocycles. The van der Waals surface area contributed by atoms with E-state index in [4.69, 9.17) is 9.72 Å². The minimum Gasteiger partial charge on any atom is -0.496 e. The molecule has 9 heteroatoms. The number of hydrogen-bond acceptors (Lipinski definition) is 7. The highest BCUT2D eigenvalue weighted by atomic mass is 32.1.